The summed E-state index contributed by atoms with van der Waals surface area (Å²) in [5, 5.41) is 0. The van der Waals surface area contributed by atoms with Crippen LogP contribution in [-0.2, 0) is 4.43 Å². The predicted octanol–water partition coefficient (Wildman–Crippen LogP) is 5.09. The van der Waals surface area contributed by atoms with Gasteiger partial charge in [-0.3, -0.25) is 0 Å². The average molecular weight is 379 g/mol. The summed E-state index contributed by atoms with van der Waals surface area (Å²) in [6.07, 6.45) is 5.12. The van der Waals surface area contributed by atoms with Gasteiger partial charge in [-0.05, 0) is 30.5 Å². The second-order valence-corrected chi connectivity index (χ2v) is 5.26. The number of halogens is 1. The van der Waals surface area contributed by atoms with E-state index in [9.17, 15) is 0 Å². The zero-order chi connectivity index (χ0) is 12.5. The molecule has 1 atom stereocenters. The number of nitrogens with zero attached hydrogens (tertiary/aromatic N) is 1. The van der Waals surface area contributed by atoms with Gasteiger partial charge in [-0.2, -0.15) is 9.90 Å². The third kappa shape index (κ3) is 6.38. The molecular formula is C15H27INP. The monoisotopic (exact) mass is 379 g/mol. The third-order valence-electron chi connectivity index (χ3n) is 3.02. The second kappa shape index (κ2) is 11.0. The van der Waals surface area contributed by atoms with Crippen molar-refractivity contribution in [1.29, 1.82) is 0 Å². The molecule has 0 fully saturated rings. The molecule has 0 spiro atoms. The highest BCUT2D eigenvalue weighted by molar-refractivity contribution is 14.1. The van der Waals surface area contributed by atoms with Crippen LogP contribution in [0.25, 0.3) is 0 Å². The van der Waals surface area contributed by atoms with Crippen molar-refractivity contribution in [3.8, 4) is 0 Å². The van der Waals surface area contributed by atoms with E-state index in [0.717, 1.165) is 4.43 Å². The van der Waals surface area contributed by atoms with Gasteiger partial charge < -0.3 is 4.90 Å². The summed E-state index contributed by atoms with van der Waals surface area (Å²) >= 11 is 2.41. The molecule has 0 saturated carbocycles. The molecule has 1 nitrogen and oxygen atoms in total. The first-order valence-electron chi connectivity index (χ1n) is 6.71. The van der Waals surface area contributed by atoms with Crippen LogP contribution in [0, 0.1) is 0 Å². The Morgan fingerprint density at radius 3 is 1.83 bits per heavy atom. The van der Waals surface area contributed by atoms with Gasteiger partial charge in [0, 0.05) is 23.2 Å². The molecule has 1 rings (SSSR count). The van der Waals surface area contributed by atoms with Crippen LogP contribution in [0.1, 0.15) is 45.1 Å². The average Bonchev–Trinajstić information content (AvgIpc) is 2.39. The lowest BCUT2D eigenvalue weighted by Crippen LogP contribution is -2.25. The van der Waals surface area contributed by atoms with E-state index in [1.165, 1.54) is 50.0 Å². The summed E-state index contributed by atoms with van der Waals surface area (Å²) in [5.41, 5.74) is 2.81. The van der Waals surface area contributed by atoms with Crippen molar-refractivity contribution in [2.45, 2.75) is 44.0 Å². The Hall–Kier alpha value is 0.180. The molecule has 104 valence electrons. The number of rotatable bonds is 8. The summed E-state index contributed by atoms with van der Waals surface area (Å²) < 4.78 is 1.10. The maximum atomic E-state index is 2.53. The molecule has 1 aromatic rings. The molecule has 18 heavy (non-hydrogen) atoms. The van der Waals surface area contributed by atoms with Gasteiger partial charge >= 0.3 is 0 Å². The summed E-state index contributed by atoms with van der Waals surface area (Å²) in [6.45, 7) is 6.91. The van der Waals surface area contributed by atoms with E-state index in [0.29, 0.717) is 0 Å². The van der Waals surface area contributed by atoms with Gasteiger partial charge in [0.05, 0.1) is 0 Å². The van der Waals surface area contributed by atoms with Gasteiger partial charge in [0.2, 0.25) is 0 Å². The molecule has 0 amide bonds. The van der Waals surface area contributed by atoms with E-state index in [-0.39, 0.29) is 9.90 Å². The van der Waals surface area contributed by atoms with Crippen LogP contribution in [0.3, 0.4) is 0 Å². The van der Waals surface area contributed by atoms with Crippen molar-refractivity contribution in [2.75, 3.05) is 18.0 Å². The quantitative estimate of drug-likeness (QED) is 0.346. The van der Waals surface area contributed by atoms with E-state index in [4.69, 9.17) is 0 Å². The lowest BCUT2D eigenvalue weighted by molar-refractivity contribution is 0.678. The first-order valence-corrected chi connectivity index (χ1v) is 8.24. The first kappa shape index (κ1) is 18.2. The molecule has 0 aliphatic carbocycles. The number of hydrogen-bond donors (Lipinski definition) is 0. The van der Waals surface area contributed by atoms with Crippen LogP contribution in [0.4, 0.5) is 5.69 Å². The molecule has 1 unspecified atom stereocenters. The van der Waals surface area contributed by atoms with Gasteiger partial charge in [-0.1, -0.05) is 61.4 Å². The molecule has 0 aliphatic heterocycles. The Morgan fingerprint density at radius 2 is 1.44 bits per heavy atom. The zero-order valence-electron chi connectivity index (χ0n) is 11.8. The lowest BCUT2D eigenvalue weighted by Gasteiger charge is -2.24. The lowest BCUT2D eigenvalue weighted by atomic mass is 10.2. The van der Waals surface area contributed by atoms with Gasteiger partial charge in [0.15, 0.2) is 0 Å². The van der Waals surface area contributed by atoms with Crippen LogP contribution in [-0.4, -0.2) is 13.1 Å². The normalized spacial score (nSPS) is 9.94. The maximum Gasteiger partial charge on any atom is 0.0366 e. The standard InChI is InChI=1S/C15H24IN.H3P/c1-3-5-11-17(12-6-4-2)15-9-7-14(13-16)8-10-15;/h7-10H,3-6,11-13H2,1-2H3;1H3. The van der Waals surface area contributed by atoms with Gasteiger partial charge in [-0.25, -0.2) is 0 Å². The summed E-state index contributed by atoms with van der Waals surface area (Å²) in [4.78, 5) is 2.53. The van der Waals surface area contributed by atoms with E-state index in [1.807, 2.05) is 0 Å². The number of unbranched alkanes of at least 4 members (excludes halogenated alkanes) is 2. The van der Waals surface area contributed by atoms with Crippen LogP contribution < -0.4 is 4.90 Å². The summed E-state index contributed by atoms with van der Waals surface area (Å²) in [5.74, 6) is 0. The number of hydrogen-bond acceptors (Lipinski definition) is 1. The number of alkyl halides is 1. The maximum absolute atomic E-state index is 2.53. The van der Waals surface area contributed by atoms with Gasteiger partial charge in [-0.15, -0.1) is 0 Å². The van der Waals surface area contributed by atoms with Crippen LogP contribution >= 0.6 is 32.5 Å². The fourth-order valence-corrected chi connectivity index (χ4v) is 2.37. The molecule has 0 aromatic heterocycles. The van der Waals surface area contributed by atoms with Crippen molar-refractivity contribution < 1.29 is 0 Å². The topological polar surface area (TPSA) is 3.24 Å². The number of anilines is 1. The van der Waals surface area contributed by atoms with E-state index < -0.39 is 0 Å². The fourth-order valence-electron chi connectivity index (χ4n) is 1.86. The summed E-state index contributed by atoms with van der Waals surface area (Å²) in [7, 11) is 0. The van der Waals surface area contributed by atoms with E-state index >= 15 is 0 Å². The molecule has 0 radical (unpaired) electrons. The summed E-state index contributed by atoms with van der Waals surface area (Å²) in [6, 6.07) is 9.07. The molecule has 3 heteroatoms. The zero-order valence-corrected chi connectivity index (χ0v) is 15.4. The molecule has 1 aromatic carbocycles. The van der Waals surface area contributed by atoms with Crippen molar-refractivity contribution in [3.63, 3.8) is 0 Å². The van der Waals surface area contributed by atoms with Crippen LogP contribution in [0.15, 0.2) is 24.3 Å². The molecule has 0 aliphatic rings. The van der Waals surface area contributed by atoms with Crippen molar-refractivity contribution >= 4 is 38.2 Å². The highest BCUT2D eigenvalue weighted by atomic mass is 127. The molecule has 0 heterocycles. The SMILES string of the molecule is CCCCN(CCCC)c1ccc(CI)cc1.P. The van der Waals surface area contributed by atoms with Crippen LogP contribution in [0.5, 0.6) is 0 Å². The molecule has 0 saturated heterocycles. The highest BCUT2D eigenvalue weighted by Gasteiger charge is 2.05. The Balaban J connectivity index is 0.00000289. The highest BCUT2D eigenvalue weighted by Crippen LogP contribution is 2.18. The van der Waals surface area contributed by atoms with E-state index in [2.05, 4.69) is 65.6 Å². The Labute approximate surface area is 129 Å². The Kier molecular flexibility index (Phi) is 11.2. The van der Waals surface area contributed by atoms with Gasteiger partial charge in [0.1, 0.15) is 0 Å². The molecular weight excluding hydrogens is 352 g/mol. The molecule has 0 bridgehead atoms. The minimum absolute atomic E-state index is 0. The number of benzene rings is 1. The van der Waals surface area contributed by atoms with E-state index in [1.54, 1.807) is 0 Å². The predicted molar refractivity (Wildman–Crippen MR) is 97.3 cm³/mol. The molecule has 0 N–H and O–H groups in total. The fraction of sp³-hybridized carbons (Fsp3) is 0.600. The minimum Gasteiger partial charge on any atom is -0.372 e. The minimum atomic E-state index is 0. The van der Waals surface area contributed by atoms with Crippen molar-refractivity contribution in [3.05, 3.63) is 29.8 Å². The van der Waals surface area contributed by atoms with Gasteiger partial charge in [0.25, 0.3) is 0 Å². The largest absolute Gasteiger partial charge is 0.372 e. The third-order valence-corrected chi connectivity index (χ3v) is 3.90. The van der Waals surface area contributed by atoms with Crippen LogP contribution in [0.2, 0.25) is 0 Å². The smallest absolute Gasteiger partial charge is 0.0366 e. The Morgan fingerprint density at radius 1 is 0.944 bits per heavy atom. The second-order valence-electron chi connectivity index (χ2n) is 4.49. The van der Waals surface area contributed by atoms with Crippen molar-refractivity contribution in [2.24, 2.45) is 0 Å². The van der Waals surface area contributed by atoms with Crippen molar-refractivity contribution in [1.82, 2.24) is 0 Å². The first-order chi connectivity index (χ1) is 8.31. The Bertz CT molecular complexity index is 292.